The van der Waals surface area contributed by atoms with Gasteiger partial charge < -0.3 is 5.32 Å². The zero-order valence-corrected chi connectivity index (χ0v) is 14.0. The van der Waals surface area contributed by atoms with Gasteiger partial charge in [0.2, 0.25) is 0 Å². The minimum absolute atomic E-state index is 0.212. The second-order valence-electron chi connectivity index (χ2n) is 5.99. The predicted octanol–water partition coefficient (Wildman–Crippen LogP) is 3.57. The molecule has 1 saturated carbocycles. The van der Waals surface area contributed by atoms with Crippen LogP contribution in [0.25, 0.3) is 0 Å². The van der Waals surface area contributed by atoms with Crippen LogP contribution in [0.5, 0.6) is 0 Å². The third-order valence-corrected chi connectivity index (χ3v) is 4.15. The maximum atomic E-state index is 12.5. The van der Waals surface area contributed by atoms with Crippen LogP contribution in [-0.4, -0.2) is 27.6 Å². The Labute approximate surface area is 136 Å². The molecule has 3 rings (SSSR count). The van der Waals surface area contributed by atoms with Crippen LogP contribution in [0.15, 0.2) is 47.0 Å². The number of aromatic nitrogens is 1. The number of hydrogen-bond donors (Lipinski definition) is 1. The first-order valence-electron chi connectivity index (χ1n) is 7.46. The van der Waals surface area contributed by atoms with Crippen molar-refractivity contribution in [1.29, 1.82) is 0 Å². The molecular formula is C17H19N3O2S. The van der Waals surface area contributed by atoms with E-state index in [0.29, 0.717) is 22.9 Å². The Morgan fingerprint density at radius 2 is 2.00 bits per heavy atom. The zero-order valence-electron chi connectivity index (χ0n) is 13.2. The first kappa shape index (κ1) is 15.7. The van der Waals surface area contributed by atoms with Crippen LogP contribution in [0, 0.1) is 0 Å². The first-order chi connectivity index (χ1) is 10.9. The molecule has 5 nitrogen and oxygen atoms in total. The van der Waals surface area contributed by atoms with Crippen molar-refractivity contribution in [2.45, 2.75) is 18.8 Å². The average molecular weight is 329 g/mol. The van der Waals surface area contributed by atoms with E-state index in [1.54, 1.807) is 43.0 Å². The molecule has 2 aromatic rings. The van der Waals surface area contributed by atoms with Crippen LogP contribution in [0.1, 0.15) is 34.8 Å². The molecule has 6 heteroatoms. The van der Waals surface area contributed by atoms with E-state index < -0.39 is 9.73 Å². The second kappa shape index (κ2) is 6.12. The van der Waals surface area contributed by atoms with Gasteiger partial charge in [0.1, 0.15) is 0 Å². The molecule has 0 aliphatic heterocycles. The summed E-state index contributed by atoms with van der Waals surface area (Å²) < 4.78 is 16.1. The molecule has 0 bridgehead atoms. The van der Waals surface area contributed by atoms with Crippen LogP contribution in [0.4, 0.5) is 11.4 Å². The summed E-state index contributed by atoms with van der Waals surface area (Å²) in [5, 5.41) is 2.85. The molecule has 1 amide bonds. The summed E-state index contributed by atoms with van der Waals surface area (Å²) in [4.78, 5) is 16.8. The van der Waals surface area contributed by atoms with Crippen molar-refractivity contribution in [1.82, 2.24) is 4.98 Å². The van der Waals surface area contributed by atoms with Crippen molar-refractivity contribution in [3.63, 3.8) is 0 Å². The van der Waals surface area contributed by atoms with Crippen molar-refractivity contribution < 1.29 is 9.00 Å². The quantitative estimate of drug-likeness (QED) is 0.932. The van der Waals surface area contributed by atoms with Crippen molar-refractivity contribution >= 4 is 27.0 Å². The number of hydrogen-bond acceptors (Lipinski definition) is 4. The maximum absolute atomic E-state index is 12.5. The molecule has 0 saturated heterocycles. The van der Waals surface area contributed by atoms with Gasteiger partial charge in [-0.3, -0.25) is 9.78 Å². The van der Waals surface area contributed by atoms with E-state index in [9.17, 15) is 9.00 Å². The Kier molecular flexibility index (Phi) is 4.17. The van der Waals surface area contributed by atoms with Crippen molar-refractivity contribution in [2.75, 3.05) is 17.8 Å². The first-order valence-corrected chi connectivity index (χ1v) is 9.79. The van der Waals surface area contributed by atoms with Gasteiger partial charge in [-0.2, -0.15) is 4.36 Å². The number of carbonyl (C=O) groups is 1. The van der Waals surface area contributed by atoms with Crippen molar-refractivity contribution in [3.8, 4) is 0 Å². The normalized spacial score (nSPS) is 14.3. The summed E-state index contributed by atoms with van der Waals surface area (Å²) in [6.07, 6.45) is 7.08. The Morgan fingerprint density at radius 3 is 2.70 bits per heavy atom. The standard InChI is InChI=1S/C17H19N3O2S/c1-23(2,22)20-15-6-4-3-5-14(15)19-17(21)13-9-10-18-16(11-13)12-7-8-12/h3-6,9-12H,7-8H2,1-2H3,(H,19,21). The monoisotopic (exact) mass is 329 g/mol. The number of benzene rings is 1. The molecule has 1 aliphatic carbocycles. The largest absolute Gasteiger partial charge is 0.320 e. The van der Waals surface area contributed by atoms with Gasteiger partial charge >= 0.3 is 0 Å². The number of amides is 1. The van der Waals surface area contributed by atoms with Gasteiger partial charge in [-0.05, 0) is 37.1 Å². The Morgan fingerprint density at radius 1 is 1.26 bits per heavy atom. The molecule has 1 aliphatic rings. The topological polar surface area (TPSA) is 71.4 Å². The fourth-order valence-electron chi connectivity index (χ4n) is 2.28. The number of nitrogens with zero attached hydrogens (tertiary/aromatic N) is 2. The van der Waals surface area contributed by atoms with Gasteiger partial charge in [0, 0.05) is 45.6 Å². The number of pyridine rings is 1. The van der Waals surface area contributed by atoms with E-state index in [-0.39, 0.29) is 5.91 Å². The van der Waals surface area contributed by atoms with E-state index in [4.69, 9.17) is 0 Å². The maximum Gasteiger partial charge on any atom is 0.255 e. The third kappa shape index (κ3) is 4.16. The number of carbonyl (C=O) groups excluding carboxylic acids is 1. The van der Waals surface area contributed by atoms with Crippen LogP contribution in [0.3, 0.4) is 0 Å². The summed E-state index contributed by atoms with van der Waals surface area (Å²) in [5.41, 5.74) is 2.62. The Hall–Kier alpha value is -2.21. The number of anilines is 1. The number of nitrogens with one attached hydrogen (secondary N) is 1. The highest BCUT2D eigenvalue weighted by molar-refractivity contribution is 7.92. The average Bonchev–Trinajstić information content (AvgIpc) is 3.33. The molecule has 23 heavy (non-hydrogen) atoms. The minimum atomic E-state index is -2.30. The van der Waals surface area contributed by atoms with Gasteiger partial charge in [0.05, 0.1) is 11.4 Å². The third-order valence-electron chi connectivity index (χ3n) is 3.51. The fourth-order valence-corrected chi connectivity index (χ4v) is 2.92. The highest BCUT2D eigenvalue weighted by atomic mass is 32.2. The number of para-hydroxylation sites is 1. The van der Waals surface area contributed by atoms with Gasteiger partial charge in [-0.15, -0.1) is 0 Å². The molecular weight excluding hydrogens is 310 g/mol. The molecule has 1 fully saturated rings. The zero-order chi connectivity index (χ0) is 16.4. The van der Waals surface area contributed by atoms with Crippen molar-refractivity contribution in [3.05, 3.63) is 53.9 Å². The lowest BCUT2D eigenvalue weighted by molar-refractivity contribution is 0.102. The summed E-state index contributed by atoms with van der Waals surface area (Å²) in [5.74, 6) is 0.283. The summed E-state index contributed by atoms with van der Waals surface area (Å²) in [6.45, 7) is 0. The minimum Gasteiger partial charge on any atom is -0.320 e. The second-order valence-corrected chi connectivity index (χ2v) is 8.53. The lowest BCUT2D eigenvalue weighted by atomic mass is 10.1. The van der Waals surface area contributed by atoms with E-state index in [1.165, 1.54) is 0 Å². The van der Waals surface area contributed by atoms with Gasteiger partial charge in [0.15, 0.2) is 0 Å². The molecule has 120 valence electrons. The molecule has 0 atom stereocenters. The smallest absolute Gasteiger partial charge is 0.255 e. The molecule has 0 radical (unpaired) electrons. The van der Waals surface area contributed by atoms with E-state index in [0.717, 1.165) is 18.5 Å². The van der Waals surface area contributed by atoms with Crippen LogP contribution < -0.4 is 5.32 Å². The highest BCUT2D eigenvalue weighted by Gasteiger charge is 2.25. The SMILES string of the molecule is CS(C)(=O)=Nc1ccccc1NC(=O)c1ccnc(C2CC2)c1. The van der Waals surface area contributed by atoms with E-state index >= 15 is 0 Å². The lowest BCUT2D eigenvalue weighted by Crippen LogP contribution is -2.12. The van der Waals surface area contributed by atoms with Crippen molar-refractivity contribution in [2.24, 2.45) is 4.36 Å². The Balaban J connectivity index is 1.86. The van der Waals surface area contributed by atoms with Gasteiger partial charge in [-0.25, -0.2) is 4.21 Å². The van der Waals surface area contributed by atoms with E-state index in [1.807, 2.05) is 12.1 Å². The summed E-state index contributed by atoms with van der Waals surface area (Å²) >= 11 is 0. The summed E-state index contributed by atoms with van der Waals surface area (Å²) in [7, 11) is -2.30. The van der Waals surface area contributed by atoms with Gasteiger partial charge in [-0.1, -0.05) is 12.1 Å². The predicted molar refractivity (Wildman–Crippen MR) is 92.7 cm³/mol. The molecule has 1 aromatic carbocycles. The van der Waals surface area contributed by atoms with E-state index in [2.05, 4.69) is 14.7 Å². The van der Waals surface area contributed by atoms with Gasteiger partial charge in [0.25, 0.3) is 5.91 Å². The molecule has 1 heterocycles. The number of rotatable bonds is 4. The summed E-state index contributed by atoms with van der Waals surface area (Å²) in [6, 6.07) is 10.6. The molecule has 1 aromatic heterocycles. The Bertz CT molecular complexity index is 858. The lowest BCUT2D eigenvalue weighted by Gasteiger charge is -2.09. The van der Waals surface area contributed by atoms with Crippen LogP contribution >= 0.6 is 0 Å². The highest BCUT2D eigenvalue weighted by Crippen LogP contribution is 2.39. The van der Waals surface area contributed by atoms with Crippen LogP contribution in [-0.2, 0) is 9.73 Å². The fraction of sp³-hybridized carbons (Fsp3) is 0.294. The molecule has 0 spiro atoms. The molecule has 1 N–H and O–H groups in total. The molecule has 0 unspecified atom stereocenters. The van der Waals surface area contributed by atoms with Crippen LogP contribution in [0.2, 0.25) is 0 Å².